The van der Waals surface area contributed by atoms with Crippen LogP contribution in [-0.4, -0.2) is 79.3 Å². The summed E-state index contributed by atoms with van der Waals surface area (Å²) in [6, 6.07) is 14.9. The average Bonchev–Trinajstić information content (AvgIpc) is 2.78. The maximum absolute atomic E-state index is 12.9. The van der Waals surface area contributed by atoms with E-state index in [4.69, 9.17) is 9.47 Å². The number of anilines is 1. The number of aromatic hydroxyl groups is 1. The van der Waals surface area contributed by atoms with E-state index in [9.17, 15) is 9.90 Å². The Balaban J connectivity index is 1.26. The second-order valence-electron chi connectivity index (χ2n) is 7.71. The molecule has 7 heteroatoms. The number of ether oxygens (including phenoxy) is 2. The molecule has 0 unspecified atom stereocenters. The van der Waals surface area contributed by atoms with Crippen molar-refractivity contribution in [2.75, 3.05) is 57.3 Å². The number of fused-ring (bicyclic) bond motifs is 1. The summed E-state index contributed by atoms with van der Waals surface area (Å²) < 4.78 is 11.8. The number of phenols is 1. The number of benzene rings is 2. The molecule has 2 aromatic rings. The van der Waals surface area contributed by atoms with Gasteiger partial charge in [-0.05, 0) is 43.3 Å². The van der Waals surface area contributed by atoms with E-state index in [1.54, 1.807) is 12.1 Å². The van der Waals surface area contributed by atoms with Gasteiger partial charge in [-0.1, -0.05) is 12.1 Å². The Kier molecular flexibility index (Phi) is 6.28. The van der Waals surface area contributed by atoms with Gasteiger partial charge in [0, 0.05) is 38.4 Å². The molecule has 2 heterocycles. The van der Waals surface area contributed by atoms with Crippen LogP contribution in [0.25, 0.3) is 0 Å². The topological polar surface area (TPSA) is 65.5 Å². The lowest BCUT2D eigenvalue weighted by Crippen LogP contribution is -2.51. The van der Waals surface area contributed by atoms with Crippen molar-refractivity contribution in [3.05, 3.63) is 48.5 Å². The Labute approximate surface area is 177 Å². The molecule has 1 N–H and O–H groups in total. The molecule has 0 bridgehead atoms. The minimum atomic E-state index is -0.157. The zero-order chi connectivity index (χ0) is 20.9. The molecule has 2 aliphatic heterocycles. The fraction of sp³-hybridized carbons (Fsp3) is 0.435. The van der Waals surface area contributed by atoms with E-state index >= 15 is 0 Å². The first kappa shape index (κ1) is 20.3. The molecule has 2 aromatic carbocycles. The molecule has 0 aromatic heterocycles. The number of rotatable bonds is 6. The molecule has 0 spiro atoms. The van der Waals surface area contributed by atoms with Gasteiger partial charge in [0.25, 0.3) is 0 Å². The van der Waals surface area contributed by atoms with Crippen LogP contribution in [0.4, 0.5) is 5.69 Å². The van der Waals surface area contributed by atoms with Crippen LogP contribution in [-0.2, 0) is 4.79 Å². The zero-order valence-electron chi connectivity index (χ0n) is 17.4. The molecule has 30 heavy (non-hydrogen) atoms. The van der Waals surface area contributed by atoms with Crippen LogP contribution >= 0.6 is 0 Å². The molecule has 7 nitrogen and oxygen atoms in total. The first-order chi connectivity index (χ1) is 14.6. The monoisotopic (exact) mass is 411 g/mol. The number of para-hydroxylation sites is 2. The van der Waals surface area contributed by atoms with E-state index in [1.807, 2.05) is 48.2 Å². The lowest BCUT2D eigenvalue weighted by molar-refractivity contribution is -0.133. The van der Waals surface area contributed by atoms with Crippen LogP contribution in [0.15, 0.2) is 48.5 Å². The van der Waals surface area contributed by atoms with Gasteiger partial charge in [-0.15, -0.1) is 0 Å². The molecule has 0 saturated carbocycles. The fourth-order valence-corrected chi connectivity index (χ4v) is 3.93. The molecule has 0 aliphatic carbocycles. The summed E-state index contributed by atoms with van der Waals surface area (Å²) in [7, 11) is 0. The zero-order valence-corrected chi connectivity index (χ0v) is 17.4. The summed E-state index contributed by atoms with van der Waals surface area (Å²) in [5.74, 6) is 1.90. The predicted molar refractivity (Wildman–Crippen MR) is 115 cm³/mol. The van der Waals surface area contributed by atoms with Gasteiger partial charge >= 0.3 is 0 Å². The molecule has 160 valence electrons. The van der Waals surface area contributed by atoms with Crippen molar-refractivity contribution >= 4 is 11.6 Å². The number of carbonyl (C=O) groups excluding carboxylic acids is 1. The molecule has 2 aliphatic rings. The first-order valence-corrected chi connectivity index (χ1v) is 10.5. The minimum Gasteiger partial charge on any atom is -0.508 e. The molecule has 1 amide bonds. The number of amides is 1. The summed E-state index contributed by atoms with van der Waals surface area (Å²) >= 11 is 0. The van der Waals surface area contributed by atoms with Crippen molar-refractivity contribution in [3.63, 3.8) is 0 Å². The summed E-state index contributed by atoms with van der Waals surface area (Å²) in [6.45, 7) is 7.43. The van der Waals surface area contributed by atoms with Crippen LogP contribution < -0.4 is 14.4 Å². The molecule has 1 saturated heterocycles. The van der Waals surface area contributed by atoms with Gasteiger partial charge in [0.1, 0.15) is 12.4 Å². The number of likely N-dealkylation sites (N-methyl/N-ethyl adjacent to an activating group) is 1. The standard InChI is InChI=1S/C23H29N3O4/c1-2-25(15-20-17-29-21-5-3-4-6-22(21)30-20)23(28)16-24-11-13-26(14-12-24)18-7-9-19(27)10-8-18/h3-10,20,27H,2,11-17H2,1H3/t20-/m1/s1. The smallest absolute Gasteiger partial charge is 0.236 e. The van der Waals surface area contributed by atoms with Gasteiger partial charge in [0.2, 0.25) is 5.91 Å². The van der Waals surface area contributed by atoms with Gasteiger partial charge in [0.05, 0.1) is 13.1 Å². The highest BCUT2D eigenvalue weighted by atomic mass is 16.6. The molecule has 1 atom stereocenters. The number of nitrogens with zero attached hydrogens (tertiary/aromatic N) is 3. The molecular formula is C23H29N3O4. The Morgan fingerprint density at radius 3 is 2.47 bits per heavy atom. The number of hydrogen-bond acceptors (Lipinski definition) is 6. The van der Waals surface area contributed by atoms with E-state index in [0.29, 0.717) is 26.2 Å². The second-order valence-corrected chi connectivity index (χ2v) is 7.71. The molecule has 0 radical (unpaired) electrons. The van der Waals surface area contributed by atoms with E-state index in [0.717, 1.165) is 43.4 Å². The van der Waals surface area contributed by atoms with Crippen molar-refractivity contribution in [3.8, 4) is 17.2 Å². The van der Waals surface area contributed by atoms with Gasteiger partial charge in [-0.25, -0.2) is 0 Å². The maximum atomic E-state index is 12.9. The van der Waals surface area contributed by atoms with Crippen LogP contribution in [0.5, 0.6) is 17.2 Å². The largest absolute Gasteiger partial charge is 0.508 e. The quantitative estimate of drug-likeness (QED) is 0.786. The van der Waals surface area contributed by atoms with Crippen molar-refractivity contribution in [2.24, 2.45) is 0 Å². The minimum absolute atomic E-state index is 0.123. The Bertz CT molecular complexity index is 850. The maximum Gasteiger partial charge on any atom is 0.236 e. The van der Waals surface area contributed by atoms with Crippen molar-refractivity contribution in [1.82, 2.24) is 9.80 Å². The SMILES string of the molecule is CCN(C[C@@H]1COc2ccccc2O1)C(=O)CN1CCN(c2ccc(O)cc2)CC1. The van der Waals surface area contributed by atoms with Gasteiger partial charge in [-0.2, -0.15) is 0 Å². The normalized spacial score (nSPS) is 18.8. The number of carbonyl (C=O) groups is 1. The predicted octanol–water partition coefficient (Wildman–Crippen LogP) is 2.20. The molecular weight excluding hydrogens is 382 g/mol. The van der Waals surface area contributed by atoms with E-state index < -0.39 is 0 Å². The highest BCUT2D eigenvalue weighted by Gasteiger charge is 2.26. The number of phenolic OH excluding ortho intramolecular Hbond substituents is 1. The Morgan fingerprint density at radius 1 is 1.07 bits per heavy atom. The lowest BCUT2D eigenvalue weighted by atomic mass is 10.2. The lowest BCUT2D eigenvalue weighted by Gasteiger charge is -2.37. The van der Waals surface area contributed by atoms with Crippen molar-refractivity contribution in [1.29, 1.82) is 0 Å². The molecule has 1 fully saturated rings. The fourth-order valence-electron chi connectivity index (χ4n) is 3.93. The average molecular weight is 412 g/mol. The third-order valence-electron chi connectivity index (χ3n) is 5.67. The number of piperazine rings is 1. The van der Waals surface area contributed by atoms with E-state index in [-0.39, 0.29) is 17.8 Å². The van der Waals surface area contributed by atoms with Crippen molar-refractivity contribution in [2.45, 2.75) is 13.0 Å². The van der Waals surface area contributed by atoms with Gasteiger partial charge in [-0.3, -0.25) is 9.69 Å². The summed E-state index contributed by atoms with van der Waals surface area (Å²) in [5.41, 5.74) is 1.10. The highest BCUT2D eigenvalue weighted by molar-refractivity contribution is 5.78. The second kappa shape index (κ2) is 9.26. The van der Waals surface area contributed by atoms with Gasteiger partial charge < -0.3 is 24.4 Å². The summed E-state index contributed by atoms with van der Waals surface area (Å²) in [5, 5.41) is 9.45. The van der Waals surface area contributed by atoms with Crippen molar-refractivity contribution < 1.29 is 19.4 Å². The third-order valence-corrected chi connectivity index (χ3v) is 5.67. The highest BCUT2D eigenvalue weighted by Crippen LogP contribution is 2.31. The summed E-state index contributed by atoms with van der Waals surface area (Å²) in [6.07, 6.45) is -0.157. The summed E-state index contributed by atoms with van der Waals surface area (Å²) in [4.78, 5) is 19.2. The first-order valence-electron chi connectivity index (χ1n) is 10.5. The van der Waals surface area contributed by atoms with E-state index in [1.165, 1.54) is 0 Å². The van der Waals surface area contributed by atoms with E-state index in [2.05, 4.69) is 9.80 Å². The van der Waals surface area contributed by atoms with Gasteiger partial charge in [0.15, 0.2) is 17.6 Å². The van der Waals surface area contributed by atoms with Crippen LogP contribution in [0.2, 0.25) is 0 Å². The van der Waals surface area contributed by atoms with Crippen LogP contribution in [0, 0.1) is 0 Å². The van der Waals surface area contributed by atoms with Crippen LogP contribution in [0.3, 0.4) is 0 Å². The third kappa shape index (κ3) is 4.79. The Hall–Kier alpha value is -2.93. The molecule has 4 rings (SSSR count). The Morgan fingerprint density at radius 2 is 1.77 bits per heavy atom. The number of hydrogen-bond donors (Lipinski definition) is 1. The van der Waals surface area contributed by atoms with Crippen LogP contribution in [0.1, 0.15) is 6.92 Å².